The van der Waals surface area contributed by atoms with E-state index in [0.717, 1.165) is 25.7 Å². The molecule has 1 fully saturated rings. The molecular formula is C12H23NO. The highest BCUT2D eigenvalue weighted by atomic mass is 16.1. The Kier molecular flexibility index (Phi) is 4.59. The summed E-state index contributed by atoms with van der Waals surface area (Å²) in [4.78, 5) is 11.9. The summed E-state index contributed by atoms with van der Waals surface area (Å²) in [6.07, 6.45) is 8.78. The molecule has 2 N–H and O–H groups in total. The average Bonchev–Trinajstić information content (AvgIpc) is 2.12. The van der Waals surface area contributed by atoms with Crippen LogP contribution in [0.25, 0.3) is 0 Å². The summed E-state index contributed by atoms with van der Waals surface area (Å²) in [6.45, 7) is 2.76. The Morgan fingerprint density at radius 1 is 1.29 bits per heavy atom. The van der Waals surface area contributed by atoms with Gasteiger partial charge < -0.3 is 5.73 Å². The van der Waals surface area contributed by atoms with Crippen LogP contribution < -0.4 is 5.73 Å². The van der Waals surface area contributed by atoms with Crippen molar-refractivity contribution in [3.8, 4) is 0 Å². The summed E-state index contributed by atoms with van der Waals surface area (Å²) >= 11 is 0. The topological polar surface area (TPSA) is 43.1 Å². The summed E-state index contributed by atoms with van der Waals surface area (Å²) in [5, 5.41) is 0. The smallest absolute Gasteiger partial charge is 0.140 e. The van der Waals surface area contributed by atoms with E-state index in [-0.39, 0.29) is 5.41 Å². The number of carbonyl (C=O) groups is 1. The van der Waals surface area contributed by atoms with Crippen molar-refractivity contribution in [3.63, 3.8) is 0 Å². The van der Waals surface area contributed by atoms with Crippen LogP contribution in [-0.2, 0) is 4.79 Å². The van der Waals surface area contributed by atoms with Crippen LogP contribution >= 0.6 is 0 Å². The van der Waals surface area contributed by atoms with Gasteiger partial charge in [-0.15, -0.1) is 0 Å². The van der Waals surface area contributed by atoms with E-state index in [2.05, 4.69) is 6.92 Å². The summed E-state index contributed by atoms with van der Waals surface area (Å²) in [6, 6.07) is 0. The lowest BCUT2D eigenvalue weighted by atomic mass is 9.65. The molecule has 0 aliphatic heterocycles. The van der Waals surface area contributed by atoms with Gasteiger partial charge in [0.2, 0.25) is 0 Å². The van der Waals surface area contributed by atoms with Crippen molar-refractivity contribution in [2.24, 2.45) is 11.1 Å². The first kappa shape index (κ1) is 11.7. The molecule has 2 heteroatoms. The number of unbranched alkanes of at least 4 members (excludes halogenated alkanes) is 3. The van der Waals surface area contributed by atoms with Crippen molar-refractivity contribution in [1.29, 1.82) is 0 Å². The van der Waals surface area contributed by atoms with Crippen LogP contribution in [-0.4, -0.2) is 12.3 Å². The summed E-state index contributed by atoms with van der Waals surface area (Å²) < 4.78 is 0. The lowest BCUT2D eigenvalue weighted by Crippen LogP contribution is -2.44. The quantitative estimate of drug-likeness (QED) is 0.638. The van der Waals surface area contributed by atoms with Crippen molar-refractivity contribution in [1.82, 2.24) is 0 Å². The van der Waals surface area contributed by atoms with Crippen LogP contribution in [0.3, 0.4) is 0 Å². The molecule has 14 heavy (non-hydrogen) atoms. The molecule has 1 rings (SSSR count). The normalized spacial score (nSPS) is 19.0. The number of hydrogen-bond donors (Lipinski definition) is 1. The van der Waals surface area contributed by atoms with Gasteiger partial charge in [-0.05, 0) is 19.3 Å². The molecule has 0 amide bonds. The van der Waals surface area contributed by atoms with E-state index >= 15 is 0 Å². The fraction of sp³-hybridized carbons (Fsp3) is 0.917. The molecule has 82 valence electrons. The predicted octanol–water partition coefficient (Wildman–Crippen LogP) is 2.65. The maximum atomic E-state index is 11.9. The predicted molar refractivity (Wildman–Crippen MR) is 59.1 cm³/mol. The van der Waals surface area contributed by atoms with E-state index in [1.54, 1.807) is 0 Å². The van der Waals surface area contributed by atoms with Crippen LogP contribution in [0.2, 0.25) is 0 Å². The Hall–Kier alpha value is -0.370. The second-order valence-corrected chi connectivity index (χ2v) is 4.57. The Morgan fingerprint density at radius 2 is 2.00 bits per heavy atom. The molecule has 0 spiro atoms. The van der Waals surface area contributed by atoms with Crippen molar-refractivity contribution in [2.75, 3.05) is 6.54 Å². The van der Waals surface area contributed by atoms with E-state index in [9.17, 15) is 4.79 Å². The Balaban J connectivity index is 2.20. The fourth-order valence-electron chi connectivity index (χ4n) is 2.18. The molecule has 0 heterocycles. The van der Waals surface area contributed by atoms with Crippen LogP contribution in [0, 0.1) is 5.41 Å². The van der Waals surface area contributed by atoms with Gasteiger partial charge in [0.1, 0.15) is 5.78 Å². The average molecular weight is 197 g/mol. The van der Waals surface area contributed by atoms with Gasteiger partial charge in [-0.2, -0.15) is 0 Å². The molecule has 0 aromatic carbocycles. The van der Waals surface area contributed by atoms with Crippen LogP contribution in [0.5, 0.6) is 0 Å². The first-order valence-corrected chi connectivity index (χ1v) is 5.98. The minimum absolute atomic E-state index is 0.0911. The van der Waals surface area contributed by atoms with E-state index in [0.29, 0.717) is 12.3 Å². The molecule has 1 saturated carbocycles. The third kappa shape index (κ3) is 2.57. The van der Waals surface area contributed by atoms with Gasteiger partial charge in [-0.1, -0.05) is 32.6 Å². The molecule has 0 aromatic rings. The van der Waals surface area contributed by atoms with Gasteiger partial charge >= 0.3 is 0 Å². The molecule has 0 bridgehead atoms. The maximum Gasteiger partial charge on any atom is 0.140 e. The molecule has 1 aliphatic rings. The van der Waals surface area contributed by atoms with Gasteiger partial charge in [-0.3, -0.25) is 4.79 Å². The molecule has 1 aliphatic carbocycles. The van der Waals surface area contributed by atoms with Crippen molar-refractivity contribution < 1.29 is 4.79 Å². The van der Waals surface area contributed by atoms with E-state index in [1.165, 1.54) is 25.7 Å². The number of hydrogen-bond acceptors (Lipinski definition) is 2. The van der Waals surface area contributed by atoms with Gasteiger partial charge in [0.25, 0.3) is 0 Å². The zero-order valence-corrected chi connectivity index (χ0v) is 9.35. The summed E-state index contributed by atoms with van der Waals surface area (Å²) in [5.74, 6) is 0.433. The highest BCUT2D eigenvalue weighted by Gasteiger charge is 2.41. The van der Waals surface area contributed by atoms with Crippen LogP contribution in [0.1, 0.15) is 58.3 Å². The Morgan fingerprint density at radius 3 is 2.43 bits per heavy atom. The molecule has 0 saturated heterocycles. The van der Waals surface area contributed by atoms with E-state index < -0.39 is 0 Å². The maximum absolute atomic E-state index is 11.9. The molecule has 0 radical (unpaired) electrons. The lowest BCUT2D eigenvalue weighted by molar-refractivity contribution is -0.132. The van der Waals surface area contributed by atoms with Crippen molar-refractivity contribution in [3.05, 3.63) is 0 Å². The highest BCUT2D eigenvalue weighted by Crippen LogP contribution is 2.41. The van der Waals surface area contributed by atoms with Gasteiger partial charge in [-0.25, -0.2) is 0 Å². The fourth-order valence-corrected chi connectivity index (χ4v) is 2.18. The SMILES string of the molecule is CCCCCCC(=O)C1(CN)CCC1. The van der Waals surface area contributed by atoms with E-state index in [1.807, 2.05) is 0 Å². The summed E-state index contributed by atoms with van der Waals surface area (Å²) in [5.41, 5.74) is 5.59. The Bertz CT molecular complexity index is 179. The summed E-state index contributed by atoms with van der Waals surface area (Å²) in [7, 11) is 0. The Labute approximate surface area is 87.2 Å². The first-order valence-electron chi connectivity index (χ1n) is 5.98. The standard InChI is InChI=1S/C12H23NO/c1-2-3-4-5-7-11(14)12(10-13)8-6-9-12/h2-10,13H2,1H3. The van der Waals surface area contributed by atoms with Crippen molar-refractivity contribution >= 4 is 5.78 Å². The molecule has 0 aromatic heterocycles. The van der Waals surface area contributed by atoms with Gasteiger partial charge in [0.15, 0.2) is 0 Å². The highest BCUT2D eigenvalue weighted by molar-refractivity contribution is 5.85. The van der Waals surface area contributed by atoms with Crippen LogP contribution in [0.4, 0.5) is 0 Å². The van der Waals surface area contributed by atoms with E-state index in [4.69, 9.17) is 5.73 Å². The minimum atomic E-state index is -0.0911. The van der Waals surface area contributed by atoms with Gasteiger partial charge in [0, 0.05) is 18.4 Å². The molecule has 2 nitrogen and oxygen atoms in total. The third-order valence-corrected chi connectivity index (χ3v) is 3.55. The number of carbonyl (C=O) groups excluding carboxylic acids is 1. The molecule has 0 unspecified atom stereocenters. The zero-order chi connectivity index (χ0) is 10.4. The molecule has 0 atom stereocenters. The third-order valence-electron chi connectivity index (χ3n) is 3.55. The lowest BCUT2D eigenvalue weighted by Gasteiger charge is -2.39. The number of rotatable bonds is 7. The second kappa shape index (κ2) is 5.50. The molecular weight excluding hydrogens is 174 g/mol. The number of Topliss-reactive ketones (excluding diaryl/α,β-unsaturated/α-hetero) is 1. The van der Waals surface area contributed by atoms with Crippen molar-refractivity contribution in [2.45, 2.75) is 58.3 Å². The second-order valence-electron chi connectivity index (χ2n) is 4.57. The largest absolute Gasteiger partial charge is 0.329 e. The number of nitrogens with two attached hydrogens (primary N) is 1. The number of ketones is 1. The monoisotopic (exact) mass is 197 g/mol. The first-order chi connectivity index (χ1) is 6.75. The zero-order valence-electron chi connectivity index (χ0n) is 9.35. The van der Waals surface area contributed by atoms with Crippen LogP contribution in [0.15, 0.2) is 0 Å². The van der Waals surface area contributed by atoms with Gasteiger partial charge in [0.05, 0.1) is 0 Å². The minimum Gasteiger partial charge on any atom is -0.329 e.